The number of rotatable bonds is 11. The molecule has 7 nitrogen and oxygen atoms in total. The number of piperidine rings is 1. The molecule has 0 saturated carbocycles. The van der Waals surface area contributed by atoms with Crippen LogP contribution in [0.1, 0.15) is 43.5 Å². The Morgan fingerprint density at radius 1 is 1.21 bits per heavy atom. The van der Waals surface area contributed by atoms with Gasteiger partial charge in [-0.1, -0.05) is 41.6 Å². The number of thioether (sulfide) groups is 1. The Bertz CT molecular complexity index is 808. The fourth-order valence-corrected chi connectivity index (χ4v) is 4.20. The molecule has 1 saturated heterocycles. The number of hydrogen-bond acceptors (Lipinski definition) is 6. The second-order valence-corrected chi connectivity index (χ2v) is 8.27. The van der Waals surface area contributed by atoms with Crippen LogP contribution in [0, 0.1) is 0 Å². The molecule has 29 heavy (non-hydrogen) atoms. The molecule has 1 amide bonds. The van der Waals surface area contributed by atoms with Crippen LogP contribution in [0.3, 0.4) is 0 Å². The van der Waals surface area contributed by atoms with Gasteiger partial charge in [0.25, 0.3) is 0 Å². The summed E-state index contributed by atoms with van der Waals surface area (Å²) in [5.41, 5.74) is 2.04. The van der Waals surface area contributed by atoms with Gasteiger partial charge in [-0.15, -0.1) is 10.2 Å². The minimum absolute atomic E-state index is 0.172. The van der Waals surface area contributed by atoms with Crippen molar-refractivity contribution in [3.63, 3.8) is 0 Å². The van der Waals surface area contributed by atoms with Crippen molar-refractivity contribution >= 4 is 23.5 Å². The minimum Gasteiger partial charge on any atom is -0.316 e. The Morgan fingerprint density at radius 2 is 2.07 bits per heavy atom. The summed E-state index contributed by atoms with van der Waals surface area (Å²) >= 11 is 1.82. The van der Waals surface area contributed by atoms with E-state index in [4.69, 9.17) is 0 Å². The van der Waals surface area contributed by atoms with E-state index < -0.39 is 0 Å². The van der Waals surface area contributed by atoms with Crippen LogP contribution in [-0.4, -0.2) is 55.3 Å². The summed E-state index contributed by atoms with van der Waals surface area (Å²) in [5.74, 6) is 2.96. The quantitative estimate of drug-likeness (QED) is 0.570. The lowest BCUT2D eigenvalue weighted by atomic mass is 10.0. The number of aromatic amines is 1. The molecule has 0 aliphatic carbocycles. The zero-order valence-corrected chi connectivity index (χ0v) is 17.4. The van der Waals surface area contributed by atoms with E-state index in [1.54, 1.807) is 0 Å². The van der Waals surface area contributed by atoms with Gasteiger partial charge in [-0.2, -0.15) is 17.0 Å². The van der Waals surface area contributed by atoms with E-state index in [0.29, 0.717) is 25.8 Å². The van der Waals surface area contributed by atoms with Gasteiger partial charge in [0.15, 0.2) is 5.82 Å². The Hall–Kier alpha value is -2.48. The highest BCUT2D eigenvalue weighted by Crippen LogP contribution is 2.23. The number of tetrazole rings is 1. The van der Waals surface area contributed by atoms with E-state index in [9.17, 15) is 9.59 Å². The number of hydrogen-bond donors (Lipinski definition) is 1. The molecule has 0 unspecified atom stereocenters. The number of Topliss-reactive ketones (excluding diaryl/α,β-unsaturated/α-hetero) is 1. The molecule has 2 heterocycles. The van der Waals surface area contributed by atoms with Gasteiger partial charge in [0, 0.05) is 43.7 Å². The second-order valence-electron chi connectivity index (χ2n) is 7.04. The summed E-state index contributed by atoms with van der Waals surface area (Å²) in [6.07, 6.45) is 6.90. The van der Waals surface area contributed by atoms with Crippen molar-refractivity contribution in [1.82, 2.24) is 25.5 Å². The highest BCUT2D eigenvalue weighted by atomic mass is 32.2. The van der Waals surface area contributed by atoms with Gasteiger partial charge in [-0.3, -0.25) is 9.59 Å². The fourth-order valence-electron chi connectivity index (χ4n) is 3.34. The van der Waals surface area contributed by atoms with Crippen molar-refractivity contribution in [2.75, 3.05) is 18.1 Å². The molecular formula is C21H27N5O2S. The first-order valence-corrected chi connectivity index (χ1v) is 11.2. The number of allylic oxidation sites excluding steroid dienone is 2. The largest absolute Gasteiger partial charge is 0.316 e. The number of aromatic nitrogens is 4. The molecule has 1 fully saturated rings. The average Bonchev–Trinajstić information content (AvgIpc) is 3.24. The smallest absolute Gasteiger partial charge is 0.226 e. The first-order valence-electron chi connectivity index (χ1n) is 10.1. The number of likely N-dealkylation sites (tertiary alicyclic amines) is 1. The van der Waals surface area contributed by atoms with Gasteiger partial charge >= 0.3 is 0 Å². The molecular weight excluding hydrogens is 386 g/mol. The minimum atomic E-state index is 0.172. The number of amides is 1. The predicted octanol–water partition coefficient (Wildman–Crippen LogP) is 2.96. The summed E-state index contributed by atoms with van der Waals surface area (Å²) in [4.78, 5) is 26.6. The normalized spacial score (nSPS) is 15.8. The highest BCUT2D eigenvalue weighted by Gasteiger charge is 2.22. The first kappa shape index (κ1) is 21.2. The van der Waals surface area contributed by atoms with Gasteiger partial charge in [0.05, 0.1) is 0 Å². The molecule has 8 heteroatoms. The first-order chi connectivity index (χ1) is 14.2. The van der Waals surface area contributed by atoms with E-state index in [1.165, 1.54) is 0 Å². The SMILES string of the molecule is O=C(CC=C1CCCC(=O)N1CCSCCCc1nn[nH]n1)Cc1ccccc1. The summed E-state index contributed by atoms with van der Waals surface area (Å²) in [5, 5.41) is 13.9. The van der Waals surface area contributed by atoms with Crippen molar-refractivity contribution in [2.24, 2.45) is 0 Å². The number of aryl methyl sites for hydroxylation is 1. The molecule has 0 atom stereocenters. The van der Waals surface area contributed by atoms with Crippen molar-refractivity contribution < 1.29 is 9.59 Å². The van der Waals surface area contributed by atoms with Crippen LogP contribution in [0.4, 0.5) is 0 Å². The number of benzene rings is 1. The highest BCUT2D eigenvalue weighted by molar-refractivity contribution is 7.99. The third-order valence-corrected chi connectivity index (χ3v) is 5.87. The zero-order chi connectivity index (χ0) is 20.3. The molecule has 0 spiro atoms. The van der Waals surface area contributed by atoms with Crippen LogP contribution in [0.25, 0.3) is 0 Å². The number of carbonyl (C=O) groups is 2. The van der Waals surface area contributed by atoms with Crippen LogP contribution in [0.5, 0.6) is 0 Å². The van der Waals surface area contributed by atoms with E-state index in [1.807, 2.05) is 53.1 Å². The number of ketones is 1. The molecule has 0 bridgehead atoms. The average molecular weight is 414 g/mol. The monoisotopic (exact) mass is 413 g/mol. The maximum Gasteiger partial charge on any atom is 0.226 e. The number of H-pyrrole nitrogens is 1. The van der Waals surface area contributed by atoms with Gasteiger partial charge in [0.2, 0.25) is 5.91 Å². The lowest BCUT2D eigenvalue weighted by Gasteiger charge is -2.30. The number of nitrogens with zero attached hydrogens (tertiary/aromatic N) is 4. The van der Waals surface area contributed by atoms with Gasteiger partial charge in [-0.25, -0.2) is 0 Å². The van der Waals surface area contributed by atoms with Crippen molar-refractivity contribution in [3.05, 3.63) is 53.5 Å². The van der Waals surface area contributed by atoms with Crippen LogP contribution in [-0.2, 0) is 22.4 Å². The third kappa shape index (κ3) is 7.12. The molecule has 154 valence electrons. The molecule has 1 N–H and O–H groups in total. The summed E-state index contributed by atoms with van der Waals surface area (Å²) in [7, 11) is 0. The maximum absolute atomic E-state index is 12.4. The third-order valence-electron chi connectivity index (χ3n) is 4.82. The Balaban J connectivity index is 1.42. The molecule has 0 radical (unpaired) electrons. The lowest BCUT2D eigenvalue weighted by Crippen LogP contribution is -2.35. The molecule has 2 aromatic rings. The van der Waals surface area contributed by atoms with Gasteiger partial charge in [0.1, 0.15) is 5.78 Å². The summed E-state index contributed by atoms with van der Waals surface area (Å²) in [6, 6.07) is 9.78. The number of nitrogens with one attached hydrogen (secondary N) is 1. The Morgan fingerprint density at radius 3 is 2.86 bits per heavy atom. The standard InChI is InChI=1S/C21H27N5O2S/c27-19(16-17-6-2-1-3-7-17)12-11-18-8-4-10-21(28)26(18)13-15-29-14-5-9-20-22-24-25-23-20/h1-3,6-7,11H,4-5,8-10,12-16H2,(H,22,23,24,25). The van der Waals surface area contributed by atoms with E-state index in [0.717, 1.165) is 54.3 Å². The molecule has 1 aliphatic heterocycles. The van der Waals surface area contributed by atoms with Crippen LogP contribution >= 0.6 is 11.8 Å². The van der Waals surface area contributed by atoms with E-state index >= 15 is 0 Å². The molecule has 1 aromatic carbocycles. The second kappa shape index (κ2) is 11.5. The van der Waals surface area contributed by atoms with Crippen LogP contribution in [0.15, 0.2) is 42.1 Å². The zero-order valence-electron chi connectivity index (χ0n) is 16.5. The molecule has 3 rings (SSSR count). The summed E-state index contributed by atoms with van der Waals surface area (Å²) in [6.45, 7) is 0.699. The molecule has 1 aliphatic rings. The fraction of sp³-hybridized carbons (Fsp3) is 0.476. The number of carbonyl (C=O) groups excluding carboxylic acids is 2. The predicted molar refractivity (Wildman–Crippen MR) is 113 cm³/mol. The van der Waals surface area contributed by atoms with Gasteiger partial charge in [-0.05, 0) is 30.6 Å². The van der Waals surface area contributed by atoms with E-state index in [-0.39, 0.29) is 11.7 Å². The van der Waals surface area contributed by atoms with Gasteiger partial charge < -0.3 is 4.90 Å². The topological polar surface area (TPSA) is 91.8 Å². The van der Waals surface area contributed by atoms with Crippen molar-refractivity contribution in [3.8, 4) is 0 Å². The van der Waals surface area contributed by atoms with E-state index in [2.05, 4.69) is 20.6 Å². The lowest BCUT2D eigenvalue weighted by molar-refractivity contribution is -0.130. The maximum atomic E-state index is 12.4. The summed E-state index contributed by atoms with van der Waals surface area (Å²) < 4.78 is 0. The Labute approximate surface area is 175 Å². The van der Waals surface area contributed by atoms with Crippen molar-refractivity contribution in [2.45, 2.75) is 44.9 Å². The van der Waals surface area contributed by atoms with Crippen LogP contribution < -0.4 is 0 Å². The van der Waals surface area contributed by atoms with Crippen LogP contribution in [0.2, 0.25) is 0 Å². The van der Waals surface area contributed by atoms with Crippen molar-refractivity contribution in [1.29, 1.82) is 0 Å². The Kier molecular flexibility index (Phi) is 8.42. The molecule has 1 aromatic heterocycles.